The van der Waals surface area contributed by atoms with Crippen molar-refractivity contribution in [1.82, 2.24) is 9.55 Å². The second kappa shape index (κ2) is 6.99. The molecule has 0 amide bonds. The normalized spacial score (nSPS) is 11.4. The van der Waals surface area contributed by atoms with Gasteiger partial charge in [0.15, 0.2) is 5.82 Å². The summed E-state index contributed by atoms with van der Waals surface area (Å²) in [6.45, 7) is 0. The lowest BCUT2D eigenvalue weighted by Gasteiger charge is -2.10. The molecule has 0 aliphatic rings. The number of allylic oxidation sites excluding steroid dienone is 1. The molecule has 6 heteroatoms. The fourth-order valence-corrected chi connectivity index (χ4v) is 3.21. The molecular weight excluding hydrogens is 382 g/mol. The topological polar surface area (TPSA) is 60.1 Å². The van der Waals surface area contributed by atoms with Crippen LogP contribution in [0.1, 0.15) is 11.4 Å². The van der Waals surface area contributed by atoms with Gasteiger partial charge in [-0.1, -0.05) is 12.1 Å². The molecule has 0 N–H and O–H groups in total. The van der Waals surface area contributed by atoms with Crippen LogP contribution in [0.5, 0.6) is 11.5 Å². The Morgan fingerprint density at radius 2 is 1.92 bits per heavy atom. The molecule has 1 aromatic heterocycles. The maximum absolute atomic E-state index is 9.68. The quantitative estimate of drug-likeness (QED) is 0.611. The zero-order valence-corrected chi connectivity index (χ0v) is 15.7. The predicted molar refractivity (Wildman–Crippen MR) is 101 cm³/mol. The third-order valence-corrected chi connectivity index (χ3v) is 4.57. The van der Waals surface area contributed by atoms with Gasteiger partial charge in [0, 0.05) is 18.7 Å². The Morgan fingerprint density at radius 3 is 2.56 bits per heavy atom. The third-order valence-electron chi connectivity index (χ3n) is 3.95. The van der Waals surface area contributed by atoms with Crippen molar-refractivity contribution < 1.29 is 9.47 Å². The summed E-state index contributed by atoms with van der Waals surface area (Å²) in [6, 6.07) is 13.7. The van der Waals surface area contributed by atoms with Gasteiger partial charge < -0.3 is 14.0 Å². The third kappa shape index (κ3) is 3.11. The monoisotopic (exact) mass is 397 g/mol. The van der Waals surface area contributed by atoms with E-state index < -0.39 is 0 Å². The molecule has 25 heavy (non-hydrogen) atoms. The first kappa shape index (κ1) is 17.1. The molecule has 0 radical (unpaired) electrons. The summed E-state index contributed by atoms with van der Waals surface area (Å²) < 4.78 is 13.4. The smallest absolute Gasteiger partial charge is 0.151 e. The van der Waals surface area contributed by atoms with E-state index in [9.17, 15) is 5.26 Å². The molecule has 0 unspecified atom stereocenters. The van der Waals surface area contributed by atoms with E-state index in [1.165, 1.54) is 0 Å². The predicted octanol–water partition coefficient (Wildman–Crippen LogP) is 4.42. The lowest BCUT2D eigenvalue weighted by Crippen LogP contribution is -1.97. The van der Waals surface area contributed by atoms with E-state index in [0.29, 0.717) is 22.9 Å². The van der Waals surface area contributed by atoms with Crippen LogP contribution in [-0.2, 0) is 7.05 Å². The molecule has 0 aliphatic carbocycles. The molecule has 0 saturated heterocycles. The Labute approximate surface area is 154 Å². The summed E-state index contributed by atoms with van der Waals surface area (Å²) in [7, 11) is 5.08. The van der Waals surface area contributed by atoms with Crippen molar-refractivity contribution in [3.05, 3.63) is 52.3 Å². The molecule has 5 nitrogen and oxygen atoms in total. The van der Waals surface area contributed by atoms with E-state index in [2.05, 4.69) is 27.0 Å². The Bertz CT molecular complexity index is 1020. The van der Waals surface area contributed by atoms with Gasteiger partial charge in [0.25, 0.3) is 0 Å². The minimum Gasteiger partial charge on any atom is -0.496 e. The summed E-state index contributed by atoms with van der Waals surface area (Å²) in [5.74, 6) is 1.89. The average molecular weight is 398 g/mol. The molecule has 0 spiro atoms. The lowest BCUT2D eigenvalue weighted by atomic mass is 10.1. The van der Waals surface area contributed by atoms with Crippen molar-refractivity contribution in [1.29, 1.82) is 5.26 Å². The first-order valence-corrected chi connectivity index (χ1v) is 8.33. The van der Waals surface area contributed by atoms with Crippen LogP contribution in [0.25, 0.3) is 22.7 Å². The zero-order valence-electron chi connectivity index (χ0n) is 14.1. The number of fused-ring (bicyclic) bond motifs is 1. The molecule has 2 aromatic carbocycles. The number of para-hydroxylation sites is 2. The highest BCUT2D eigenvalue weighted by molar-refractivity contribution is 9.10. The highest BCUT2D eigenvalue weighted by Gasteiger charge is 2.14. The molecule has 0 saturated carbocycles. The largest absolute Gasteiger partial charge is 0.496 e. The van der Waals surface area contributed by atoms with Crippen LogP contribution in [-0.4, -0.2) is 23.8 Å². The number of hydrogen-bond donors (Lipinski definition) is 0. The lowest BCUT2D eigenvalue weighted by molar-refractivity contribution is 0.392. The number of halogens is 1. The molecule has 3 aromatic rings. The minimum absolute atomic E-state index is 0.453. The summed E-state index contributed by atoms with van der Waals surface area (Å²) in [5.41, 5.74) is 3.04. The van der Waals surface area contributed by atoms with Crippen molar-refractivity contribution in [2.24, 2.45) is 7.05 Å². The van der Waals surface area contributed by atoms with Crippen LogP contribution in [0.3, 0.4) is 0 Å². The molecule has 0 atom stereocenters. The summed E-state index contributed by atoms with van der Waals surface area (Å²) >= 11 is 3.47. The number of aryl methyl sites for hydroxylation is 1. The van der Waals surface area contributed by atoms with E-state index in [4.69, 9.17) is 9.47 Å². The van der Waals surface area contributed by atoms with Crippen molar-refractivity contribution in [2.75, 3.05) is 14.2 Å². The summed E-state index contributed by atoms with van der Waals surface area (Å²) in [6.07, 6.45) is 1.77. The van der Waals surface area contributed by atoms with E-state index in [1.807, 2.05) is 41.9 Å². The van der Waals surface area contributed by atoms with Crippen molar-refractivity contribution in [3.8, 4) is 17.6 Å². The molecule has 126 valence electrons. The maximum Gasteiger partial charge on any atom is 0.151 e. The maximum atomic E-state index is 9.68. The number of rotatable bonds is 4. The van der Waals surface area contributed by atoms with Gasteiger partial charge in [-0.2, -0.15) is 5.26 Å². The molecule has 3 rings (SSSR count). The van der Waals surface area contributed by atoms with Crippen LogP contribution in [0, 0.1) is 11.3 Å². The molecular formula is C19H16BrN3O2. The van der Waals surface area contributed by atoms with Crippen molar-refractivity contribution in [3.63, 3.8) is 0 Å². The molecule has 0 fully saturated rings. The number of nitrogens with zero attached hydrogens (tertiary/aromatic N) is 3. The van der Waals surface area contributed by atoms with Crippen LogP contribution >= 0.6 is 15.9 Å². The van der Waals surface area contributed by atoms with Crippen molar-refractivity contribution in [2.45, 2.75) is 0 Å². The van der Waals surface area contributed by atoms with Crippen molar-refractivity contribution >= 4 is 38.6 Å². The fraction of sp³-hybridized carbons (Fsp3) is 0.158. The number of hydrogen-bond acceptors (Lipinski definition) is 4. The van der Waals surface area contributed by atoms with Gasteiger partial charge in [-0.3, -0.25) is 0 Å². The van der Waals surface area contributed by atoms with Gasteiger partial charge in [0.1, 0.15) is 17.6 Å². The van der Waals surface area contributed by atoms with E-state index in [1.54, 1.807) is 26.4 Å². The van der Waals surface area contributed by atoms with Crippen LogP contribution in [0.4, 0.5) is 0 Å². The van der Waals surface area contributed by atoms with E-state index >= 15 is 0 Å². The minimum atomic E-state index is 0.453. The van der Waals surface area contributed by atoms with Gasteiger partial charge in [-0.05, 0) is 40.2 Å². The van der Waals surface area contributed by atoms with Gasteiger partial charge in [-0.15, -0.1) is 0 Å². The second-order valence-corrected chi connectivity index (χ2v) is 6.24. The van der Waals surface area contributed by atoms with E-state index in [0.717, 1.165) is 21.1 Å². The fourth-order valence-electron chi connectivity index (χ4n) is 2.68. The number of ether oxygens (including phenoxy) is 2. The second-order valence-electron chi connectivity index (χ2n) is 5.38. The number of methoxy groups -OCH3 is 2. The number of nitriles is 1. The SMILES string of the molecule is COc1cc(OC)c(/C=C(\C#N)c2nc3ccccc3n2C)cc1Br. The Kier molecular flexibility index (Phi) is 4.77. The van der Waals surface area contributed by atoms with Crippen LogP contribution in [0.2, 0.25) is 0 Å². The number of aromatic nitrogens is 2. The highest BCUT2D eigenvalue weighted by Crippen LogP contribution is 2.35. The molecule has 0 aliphatic heterocycles. The van der Waals surface area contributed by atoms with Gasteiger partial charge in [0.05, 0.1) is 35.3 Å². The standard InChI is InChI=1S/C19H16BrN3O2/c1-23-16-7-5-4-6-15(16)22-19(23)13(11-21)8-12-9-14(20)18(25-3)10-17(12)24-2/h4-10H,1-3H3/b13-8+. The van der Waals surface area contributed by atoms with Crippen LogP contribution < -0.4 is 9.47 Å². The summed E-state index contributed by atoms with van der Waals surface area (Å²) in [5, 5.41) is 9.68. The first-order chi connectivity index (χ1) is 12.1. The van der Waals surface area contributed by atoms with Gasteiger partial charge in [0.2, 0.25) is 0 Å². The zero-order chi connectivity index (χ0) is 18.0. The molecule has 1 heterocycles. The van der Waals surface area contributed by atoms with Crippen LogP contribution in [0.15, 0.2) is 40.9 Å². The number of imidazole rings is 1. The Morgan fingerprint density at radius 1 is 1.20 bits per heavy atom. The Balaban J connectivity index is 2.17. The number of benzene rings is 2. The molecule has 0 bridgehead atoms. The average Bonchev–Trinajstić information content (AvgIpc) is 2.97. The van der Waals surface area contributed by atoms with Gasteiger partial charge in [-0.25, -0.2) is 4.98 Å². The Hall–Kier alpha value is -2.78. The van der Waals surface area contributed by atoms with Gasteiger partial charge >= 0.3 is 0 Å². The van der Waals surface area contributed by atoms with E-state index in [-0.39, 0.29) is 0 Å². The first-order valence-electron chi connectivity index (χ1n) is 7.54. The highest BCUT2D eigenvalue weighted by atomic mass is 79.9. The summed E-state index contributed by atoms with van der Waals surface area (Å²) in [4.78, 5) is 4.59.